The van der Waals surface area contributed by atoms with Gasteiger partial charge in [0.15, 0.2) is 0 Å². The lowest BCUT2D eigenvalue weighted by molar-refractivity contribution is -0.126. The Bertz CT molecular complexity index is 468. The molecule has 0 aliphatic heterocycles. The van der Waals surface area contributed by atoms with Gasteiger partial charge in [0.25, 0.3) is 0 Å². The lowest BCUT2D eigenvalue weighted by Gasteiger charge is -2.32. The van der Waals surface area contributed by atoms with Crippen LogP contribution in [0.25, 0.3) is 0 Å². The zero-order chi connectivity index (χ0) is 16.0. The largest absolute Gasteiger partial charge is 0.396 e. The molecular formula is C17H26FNO2. The highest BCUT2D eigenvalue weighted by atomic mass is 19.1. The van der Waals surface area contributed by atoms with Crippen molar-refractivity contribution < 1.29 is 14.3 Å². The van der Waals surface area contributed by atoms with Gasteiger partial charge in [0.05, 0.1) is 0 Å². The number of carbonyl (C=O) groups is 1. The molecule has 2 unspecified atom stereocenters. The Balaban J connectivity index is 2.67. The van der Waals surface area contributed by atoms with Crippen LogP contribution in [0.4, 0.5) is 4.39 Å². The molecule has 0 aromatic heterocycles. The van der Waals surface area contributed by atoms with Gasteiger partial charge in [0, 0.05) is 18.6 Å². The molecule has 0 saturated heterocycles. The van der Waals surface area contributed by atoms with Crippen molar-refractivity contribution in [3.8, 4) is 0 Å². The summed E-state index contributed by atoms with van der Waals surface area (Å²) in [4.78, 5) is 12.3. The van der Waals surface area contributed by atoms with Crippen LogP contribution in [0.3, 0.4) is 0 Å². The second kappa shape index (κ2) is 7.55. The van der Waals surface area contributed by atoms with Gasteiger partial charge in [0.2, 0.25) is 5.91 Å². The van der Waals surface area contributed by atoms with Crippen molar-refractivity contribution in [2.24, 2.45) is 11.3 Å². The minimum Gasteiger partial charge on any atom is -0.396 e. The summed E-state index contributed by atoms with van der Waals surface area (Å²) in [6, 6.07) is 6.42. The van der Waals surface area contributed by atoms with Crippen molar-refractivity contribution in [2.45, 2.75) is 46.6 Å². The van der Waals surface area contributed by atoms with Crippen LogP contribution in [0.1, 0.15) is 39.7 Å². The lowest BCUT2D eigenvalue weighted by Crippen LogP contribution is -2.46. The summed E-state index contributed by atoms with van der Waals surface area (Å²) >= 11 is 0. The summed E-state index contributed by atoms with van der Waals surface area (Å²) in [5, 5.41) is 12.1. The van der Waals surface area contributed by atoms with Gasteiger partial charge in [-0.25, -0.2) is 4.39 Å². The van der Waals surface area contributed by atoms with Gasteiger partial charge in [-0.05, 0) is 29.9 Å². The molecule has 1 amide bonds. The third kappa shape index (κ3) is 5.46. The quantitative estimate of drug-likeness (QED) is 0.848. The molecule has 118 valence electrons. The molecule has 21 heavy (non-hydrogen) atoms. The highest BCUT2D eigenvalue weighted by molar-refractivity contribution is 5.79. The second-order valence-electron chi connectivity index (χ2n) is 6.64. The maximum atomic E-state index is 13.6. The van der Waals surface area contributed by atoms with Gasteiger partial charge in [-0.1, -0.05) is 45.9 Å². The SMILES string of the molecule is CC(Cc1ccccc1F)C(=O)NC(CCO)C(C)(C)C. The Kier molecular flexibility index (Phi) is 6.34. The van der Waals surface area contributed by atoms with E-state index in [0.29, 0.717) is 18.4 Å². The summed E-state index contributed by atoms with van der Waals surface area (Å²) in [7, 11) is 0. The molecule has 0 saturated carbocycles. The van der Waals surface area contributed by atoms with Crippen molar-refractivity contribution >= 4 is 5.91 Å². The third-order valence-electron chi connectivity index (χ3n) is 3.71. The topological polar surface area (TPSA) is 49.3 Å². The van der Waals surface area contributed by atoms with Crippen LogP contribution in [0, 0.1) is 17.2 Å². The summed E-state index contributed by atoms with van der Waals surface area (Å²) < 4.78 is 13.6. The first-order valence-corrected chi connectivity index (χ1v) is 7.40. The monoisotopic (exact) mass is 295 g/mol. The molecule has 1 aromatic rings. The van der Waals surface area contributed by atoms with E-state index < -0.39 is 0 Å². The predicted molar refractivity (Wildman–Crippen MR) is 82.4 cm³/mol. The minimum absolute atomic E-state index is 0.0317. The highest BCUT2D eigenvalue weighted by Crippen LogP contribution is 2.22. The number of benzene rings is 1. The number of halogens is 1. The zero-order valence-electron chi connectivity index (χ0n) is 13.3. The first-order chi connectivity index (χ1) is 9.75. The van der Waals surface area contributed by atoms with E-state index in [9.17, 15) is 9.18 Å². The van der Waals surface area contributed by atoms with E-state index in [1.807, 2.05) is 20.8 Å². The normalized spacial score (nSPS) is 14.6. The summed E-state index contributed by atoms with van der Waals surface area (Å²) in [6.07, 6.45) is 0.885. The number of carbonyl (C=O) groups excluding carboxylic acids is 1. The van der Waals surface area contributed by atoms with E-state index in [2.05, 4.69) is 5.32 Å². The molecule has 4 heteroatoms. The number of rotatable bonds is 6. The molecule has 0 spiro atoms. The maximum absolute atomic E-state index is 13.6. The van der Waals surface area contributed by atoms with Gasteiger partial charge in [0.1, 0.15) is 5.82 Å². The first kappa shape index (κ1) is 17.6. The van der Waals surface area contributed by atoms with Crippen LogP contribution in [0.5, 0.6) is 0 Å². The van der Waals surface area contributed by atoms with E-state index in [0.717, 1.165) is 0 Å². The molecule has 2 N–H and O–H groups in total. The van der Waals surface area contributed by atoms with Crippen molar-refractivity contribution in [3.63, 3.8) is 0 Å². The molecule has 3 nitrogen and oxygen atoms in total. The molecule has 0 heterocycles. The number of aliphatic hydroxyl groups excluding tert-OH is 1. The van der Waals surface area contributed by atoms with Crippen molar-refractivity contribution in [3.05, 3.63) is 35.6 Å². The molecule has 0 aliphatic rings. The summed E-state index contributed by atoms with van der Waals surface area (Å²) in [6.45, 7) is 7.89. The Morgan fingerprint density at radius 1 is 1.33 bits per heavy atom. The lowest BCUT2D eigenvalue weighted by atomic mass is 9.84. The number of nitrogens with one attached hydrogen (secondary N) is 1. The van der Waals surface area contributed by atoms with Crippen LogP contribution in [0.15, 0.2) is 24.3 Å². The van der Waals surface area contributed by atoms with Crippen LogP contribution >= 0.6 is 0 Å². The van der Waals surface area contributed by atoms with E-state index in [4.69, 9.17) is 5.11 Å². The Hall–Kier alpha value is -1.42. The van der Waals surface area contributed by atoms with E-state index in [1.54, 1.807) is 25.1 Å². The van der Waals surface area contributed by atoms with Crippen LogP contribution in [0.2, 0.25) is 0 Å². The van der Waals surface area contributed by atoms with E-state index >= 15 is 0 Å². The number of hydrogen-bond donors (Lipinski definition) is 2. The van der Waals surface area contributed by atoms with Gasteiger partial charge in [-0.2, -0.15) is 0 Å². The Morgan fingerprint density at radius 2 is 1.95 bits per heavy atom. The molecule has 1 aromatic carbocycles. The van der Waals surface area contributed by atoms with Gasteiger partial charge < -0.3 is 10.4 Å². The molecule has 2 atom stereocenters. The zero-order valence-corrected chi connectivity index (χ0v) is 13.3. The van der Waals surface area contributed by atoms with Crippen LogP contribution in [-0.2, 0) is 11.2 Å². The molecule has 0 fully saturated rings. The average molecular weight is 295 g/mol. The predicted octanol–water partition coefficient (Wildman–Crippen LogP) is 2.92. The maximum Gasteiger partial charge on any atom is 0.223 e. The number of aliphatic hydroxyl groups is 1. The molecular weight excluding hydrogens is 269 g/mol. The standard InChI is InChI=1S/C17H26FNO2/c1-12(11-13-7-5-6-8-14(13)18)16(21)19-15(9-10-20)17(2,3)4/h5-8,12,15,20H,9-11H2,1-4H3,(H,19,21). The fraction of sp³-hybridized carbons (Fsp3) is 0.588. The van der Waals surface area contributed by atoms with Crippen LogP contribution in [-0.4, -0.2) is 23.7 Å². The summed E-state index contributed by atoms with van der Waals surface area (Å²) in [5.41, 5.74) is 0.422. The smallest absolute Gasteiger partial charge is 0.223 e. The average Bonchev–Trinajstić information content (AvgIpc) is 2.39. The van der Waals surface area contributed by atoms with E-state index in [1.165, 1.54) is 6.07 Å². The third-order valence-corrected chi connectivity index (χ3v) is 3.71. The molecule has 0 bridgehead atoms. The van der Waals surface area contributed by atoms with Crippen LogP contribution < -0.4 is 5.32 Å². The second-order valence-corrected chi connectivity index (χ2v) is 6.64. The van der Waals surface area contributed by atoms with Crippen molar-refractivity contribution in [2.75, 3.05) is 6.61 Å². The summed E-state index contributed by atoms with van der Waals surface area (Å²) in [5.74, 6) is -0.697. The molecule has 1 rings (SSSR count). The fourth-order valence-electron chi connectivity index (χ4n) is 2.25. The fourth-order valence-corrected chi connectivity index (χ4v) is 2.25. The first-order valence-electron chi connectivity index (χ1n) is 7.40. The Labute approximate surface area is 126 Å². The Morgan fingerprint density at radius 3 is 2.48 bits per heavy atom. The number of amides is 1. The van der Waals surface area contributed by atoms with Crippen molar-refractivity contribution in [1.82, 2.24) is 5.32 Å². The molecule has 0 radical (unpaired) electrons. The van der Waals surface area contributed by atoms with Gasteiger partial charge in [-0.15, -0.1) is 0 Å². The van der Waals surface area contributed by atoms with Gasteiger partial charge >= 0.3 is 0 Å². The van der Waals surface area contributed by atoms with Gasteiger partial charge in [-0.3, -0.25) is 4.79 Å². The highest BCUT2D eigenvalue weighted by Gasteiger charge is 2.27. The molecule has 0 aliphatic carbocycles. The minimum atomic E-state index is -0.314. The van der Waals surface area contributed by atoms with Crippen molar-refractivity contribution in [1.29, 1.82) is 0 Å². The number of hydrogen-bond acceptors (Lipinski definition) is 2. The van der Waals surface area contributed by atoms with E-state index in [-0.39, 0.29) is 35.7 Å².